The number of benzene rings is 1. The topological polar surface area (TPSA) is 55.5 Å². The smallest absolute Gasteiger partial charge is 0.172 e. The Balaban J connectivity index is 3.07. The Morgan fingerprint density at radius 1 is 1.53 bits per heavy atom. The lowest BCUT2D eigenvalue weighted by Gasteiger charge is -2.07. The van der Waals surface area contributed by atoms with Crippen LogP contribution in [0.25, 0.3) is 6.08 Å². The zero-order valence-corrected chi connectivity index (χ0v) is 10.3. The van der Waals surface area contributed by atoms with Crippen molar-refractivity contribution in [2.45, 2.75) is 13.0 Å². The van der Waals surface area contributed by atoms with Gasteiger partial charge in [0.2, 0.25) is 0 Å². The summed E-state index contributed by atoms with van der Waals surface area (Å²) in [5, 5.41) is 9.71. The van der Waals surface area contributed by atoms with Crippen LogP contribution < -0.4 is 10.5 Å². The SMILES string of the molecule is COc1ccc(/C=C/C(C)N)c(Br)c1O. The molecule has 0 aliphatic rings. The van der Waals surface area contributed by atoms with Crippen LogP contribution in [0.2, 0.25) is 0 Å². The summed E-state index contributed by atoms with van der Waals surface area (Å²) < 4.78 is 5.59. The summed E-state index contributed by atoms with van der Waals surface area (Å²) in [7, 11) is 1.51. The normalized spacial score (nSPS) is 13.1. The minimum Gasteiger partial charge on any atom is -0.503 e. The van der Waals surface area contributed by atoms with Crippen LogP contribution in [0.3, 0.4) is 0 Å². The van der Waals surface area contributed by atoms with E-state index in [9.17, 15) is 5.11 Å². The Bertz CT molecular complexity index is 375. The summed E-state index contributed by atoms with van der Waals surface area (Å²) >= 11 is 3.30. The number of nitrogens with two attached hydrogens (primary N) is 1. The van der Waals surface area contributed by atoms with Crippen molar-refractivity contribution < 1.29 is 9.84 Å². The molecule has 0 fully saturated rings. The lowest BCUT2D eigenvalue weighted by atomic mass is 10.1. The van der Waals surface area contributed by atoms with E-state index in [1.165, 1.54) is 7.11 Å². The summed E-state index contributed by atoms with van der Waals surface area (Å²) in [6, 6.07) is 3.55. The molecular formula is C11H14BrNO2. The number of hydrogen-bond donors (Lipinski definition) is 2. The van der Waals surface area contributed by atoms with Crippen LogP contribution in [0.5, 0.6) is 11.5 Å². The summed E-state index contributed by atoms with van der Waals surface area (Å²) in [5.74, 6) is 0.546. The van der Waals surface area contributed by atoms with Crippen LogP contribution in [0.1, 0.15) is 12.5 Å². The predicted octanol–water partition coefficient (Wildman–Crippen LogP) is 2.52. The fourth-order valence-electron chi connectivity index (χ4n) is 1.11. The molecule has 0 bridgehead atoms. The van der Waals surface area contributed by atoms with Crippen LogP contribution in [-0.2, 0) is 0 Å². The largest absolute Gasteiger partial charge is 0.503 e. The standard InChI is InChI=1S/C11H14BrNO2/c1-7(13)3-4-8-5-6-9(15-2)11(14)10(8)12/h3-7,14H,13H2,1-2H3/b4-3+. The molecule has 0 amide bonds. The molecule has 3 nitrogen and oxygen atoms in total. The van der Waals surface area contributed by atoms with E-state index in [0.717, 1.165) is 5.56 Å². The highest BCUT2D eigenvalue weighted by Gasteiger charge is 2.08. The van der Waals surface area contributed by atoms with Crippen LogP contribution in [0, 0.1) is 0 Å². The van der Waals surface area contributed by atoms with Crippen molar-refractivity contribution in [1.29, 1.82) is 0 Å². The van der Waals surface area contributed by atoms with Gasteiger partial charge in [0.1, 0.15) is 0 Å². The molecule has 1 unspecified atom stereocenters. The highest BCUT2D eigenvalue weighted by atomic mass is 79.9. The minimum absolute atomic E-state index is 0.0128. The van der Waals surface area contributed by atoms with Gasteiger partial charge in [-0.2, -0.15) is 0 Å². The Kier molecular flexibility index (Phi) is 4.17. The number of phenolic OH excluding ortho intramolecular Hbond substituents is 1. The molecule has 1 aromatic carbocycles. The molecule has 0 heterocycles. The fourth-order valence-corrected chi connectivity index (χ4v) is 1.57. The molecule has 0 saturated heterocycles. The van der Waals surface area contributed by atoms with Crippen LogP contribution >= 0.6 is 15.9 Å². The highest BCUT2D eigenvalue weighted by Crippen LogP contribution is 2.36. The van der Waals surface area contributed by atoms with Gasteiger partial charge in [-0.25, -0.2) is 0 Å². The van der Waals surface area contributed by atoms with Crippen molar-refractivity contribution in [3.63, 3.8) is 0 Å². The quantitative estimate of drug-likeness (QED) is 0.889. The van der Waals surface area contributed by atoms with Crippen molar-refractivity contribution in [2.24, 2.45) is 5.73 Å². The maximum Gasteiger partial charge on any atom is 0.172 e. The molecule has 15 heavy (non-hydrogen) atoms. The van der Waals surface area contributed by atoms with Crippen molar-refractivity contribution in [2.75, 3.05) is 7.11 Å². The number of phenols is 1. The van der Waals surface area contributed by atoms with Gasteiger partial charge in [-0.15, -0.1) is 0 Å². The summed E-state index contributed by atoms with van der Waals surface area (Å²) in [6.07, 6.45) is 3.71. The third-order valence-corrected chi connectivity index (χ3v) is 2.74. The van der Waals surface area contributed by atoms with E-state index in [-0.39, 0.29) is 11.8 Å². The number of methoxy groups -OCH3 is 1. The summed E-state index contributed by atoms with van der Waals surface area (Å²) in [4.78, 5) is 0. The average Bonchev–Trinajstić information content (AvgIpc) is 2.20. The Morgan fingerprint density at radius 3 is 2.73 bits per heavy atom. The summed E-state index contributed by atoms with van der Waals surface area (Å²) in [5.41, 5.74) is 6.46. The average molecular weight is 272 g/mol. The van der Waals surface area contributed by atoms with E-state index in [2.05, 4.69) is 15.9 Å². The third-order valence-electron chi connectivity index (χ3n) is 1.91. The van der Waals surface area contributed by atoms with E-state index in [1.807, 2.05) is 25.1 Å². The van der Waals surface area contributed by atoms with Gasteiger partial charge in [0.15, 0.2) is 11.5 Å². The van der Waals surface area contributed by atoms with E-state index in [1.54, 1.807) is 6.07 Å². The number of hydrogen-bond acceptors (Lipinski definition) is 3. The van der Waals surface area contributed by atoms with Gasteiger partial charge in [-0.05, 0) is 40.5 Å². The molecule has 82 valence electrons. The lowest BCUT2D eigenvalue weighted by Crippen LogP contribution is -2.09. The second-order valence-electron chi connectivity index (χ2n) is 3.24. The molecule has 1 aromatic rings. The summed E-state index contributed by atoms with van der Waals surface area (Å²) in [6.45, 7) is 1.88. The number of halogens is 1. The van der Waals surface area contributed by atoms with Crippen molar-refractivity contribution in [1.82, 2.24) is 0 Å². The van der Waals surface area contributed by atoms with Gasteiger partial charge < -0.3 is 15.6 Å². The van der Waals surface area contributed by atoms with Crippen LogP contribution in [0.15, 0.2) is 22.7 Å². The van der Waals surface area contributed by atoms with E-state index in [0.29, 0.717) is 10.2 Å². The van der Waals surface area contributed by atoms with Crippen molar-refractivity contribution in [3.05, 3.63) is 28.2 Å². The second kappa shape index (κ2) is 5.19. The molecule has 0 aliphatic carbocycles. The molecular weight excluding hydrogens is 258 g/mol. The monoisotopic (exact) mass is 271 g/mol. The van der Waals surface area contributed by atoms with Crippen LogP contribution in [0.4, 0.5) is 0 Å². The predicted molar refractivity (Wildman–Crippen MR) is 65.0 cm³/mol. The Hall–Kier alpha value is -1.00. The first-order chi connectivity index (χ1) is 7.06. The van der Waals surface area contributed by atoms with E-state index >= 15 is 0 Å². The first kappa shape index (κ1) is 12.1. The lowest BCUT2D eigenvalue weighted by molar-refractivity contribution is 0.372. The third kappa shape index (κ3) is 2.97. The zero-order chi connectivity index (χ0) is 11.4. The van der Waals surface area contributed by atoms with Gasteiger partial charge in [0.25, 0.3) is 0 Å². The van der Waals surface area contributed by atoms with Gasteiger partial charge in [-0.1, -0.05) is 12.2 Å². The molecule has 4 heteroatoms. The number of ether oxygens (including phenoxy) is 1. The first-order valence-corrected chi connectivity index (χ1v) is 5.34. The van der Waals surface area contributed by atoms with Gasteiger partial charge in [0, 0.05) is 6.04 Å². The molecule has 1 rings (SSSR count). The number of rotatable bonds is 3. The Labute approximate surface area is 97.7 Å². The highest BCUT2D eigenvalue weighted by molar-refractivity contribution is 9.10. The molecule has 3 N–H and O–H groups in total. The minimum atomic E-state index is -0.0128. The molecule has 0 spiro atoms. The second-order valence-corrected chi connectivity index (χ2v) is 4.03. The van der Waals surface area contributed by atoms with Crippen LogP contribution in [-0.4, -0.2) is 18.3 Å². The van der Waals surface area contributed by atoms with Gasteiger partial charge >= 0.3 is 0 Å². The van der Waals surface area contributed by atoms with Crippen molar-refractivity contribution >= 4 is 22.0 Å². The molecule has 0 aromatic heterocycles. The van der Waals surface area contributed by atoms with E-state index < -0.39 is 0 Å². The molecule has 1 atom stereocenters. The zero-order valence-electron chi connectivity index (χ0n) is 8.70. The molecule has 0 radical (unpaired) electrons. The molecule has 0 aliphatic heterocycles. The molecule has 0 saturated carbocycles. The maximum absolute atomic E-state index is 9.71. The maximum atomic E-state index is 9.71. The number of aromatic hydroxyl groups is 1. The van der Waals surface area contributed by atoms with E-state index in [4.69, 9.17) is 10.5 Å². The van der Waals surface area contributed by atoms with Gasteiger partial charge in [0.05, 0.1) is 11.6 Å². The fraction of sp³-hybridized carbons (Fsp3) is 0.273. The van der Waals surface area contributed by atoms with Crippen molar-refractivity contribution in [3.8, 4) is 11.5 Å². The Morgan fingerprint density at radius 2 is 2.20 bits per heavy atom. The first-order valence-electron chi connectivity index (χ1n) is 4.55. The van der Waals surface area contributed by atoms with Gasteiger partial charge in [-0.3, -0.25) is 0 Å².